The number of carbonyl (C=O) groups excluding carboxylic acids is 4. The average molecular weight is 419 g/mol. The molecule has 1 aromatic rings. The number of aliphatic hydroxyl groups excluding tert-OH is 1. The largest absolute Gasteiger partial charge is 0.384 e. The van der Waals surface area contributed by atoms with Gasteiger partial charge in [-0.05, 0) is 37.8 Å². The summed E-state index contributed by atoms with van der Waals surface area (Å²) in [4.78, 5) is 54.6. The first-order valence-electron chi connectivity index (χ1n) is 9.91. The Bertz CT molecular complexity index is 783. The van der Waals surface area contributed by atoms with E-state index < -0.39 is 35.9 Å². The van der Waals surface area contributed by atoms with Crippen molar-refractivity contribution in [3.63, 3.8) is 0 Å². The second kappa shape index (κ2) is 10.1. The summed E-state index contributed by atoms with van der Waals surface area (Å²) in [6, 6.07) is 0.930. The number of nitrogens with zero attached hydrogens (tertiary/aromatic N) is 2. The lowest BCUT2D eigenvalue weighted by Crippen LogP contribution is -2.61. The monoisotopic (exact) mass is 419 g/mol. The van der Waals surface area contributed by atoms with Gasteiger partial charge in [-0.1, -0.05) is 13.8 Å². The molecule has 2 rings (SSSR count). The van der Waals surface area contributed by atoms with Gasteiger partial charge in [-0.25, -0.2) is 0 Å². The Balaban J connectivity index is 2.17. The molecule has 0 saturated carbocycles. The van der Waals surface area contributed by atoms with E-state index in [9.17, 15) is 24.3 Å². The molecule has 0 aliphatic carbocycles. The number of amides is 4. The van der Waals surface area contributed by atoms with Crippen LogP contribution in [0.5, 0.6) is 0 Å². The molecule has 4 unspecified atom stereocenters. The summed E-state index contributed by atoms with van der Waals surface area (Å²) in [5.41, 5.74) is 5.81. The van der Waals surface area contributed by atoms with Crippen LogP contribution in [0, 0.1) is 5.92 Å². The molecule has 10 nitrogen and oxygen atoms in total. The number of carbonyl (C=O) groups is 4. The van der Waals surface area contributed by atoms with E-state index in [4.69, 9.17) is 5.73 Å². The number of aromatic nitrogens is 1. The number of piperidine rings is 1. The number of primary amides is 1. The maximum atomic E-state index is 12.9. The highest BCUT2D eigenvalue weighted by Gasteiger charge is 2.39. The van der Waals surface area contributed by atoms with E-state index in [1.807, 2.05) is 0 Å². The quantitative estimate of drug-likeness (QED) is 0.453. The van der Waals surface area contributed by atoms with Crippen molar-refractivity contribution >= 4 is 23.6 Å². The molecule has 2 heterocycles. The van der Waals surface area contributed by atoms with E-state index in [-0.39, 0.29) is 30.8 Å². The number of hydrogen-bond donors (Lipinski definition) is 4. The van der Waals surface area contributed by atoms with Gasteiger partial charge >= 0.3 is 0 Å². The van der Waals surface area contributed by atoms with Crippen LogP contribution in [0.15, 0.2) is 24.5 Å². The van der Waals surface area contributed by atoms with Gasteiger partial charge in [0.05, 0.1) is 0 Å². The van der Waals surface area contributed by atoms with Crippen LogP contribution >= 0.6 is 0 Å². The van der Waals surface area contributed by atoms with Crippen molar-refractivity contribution in [2.24, 2.45) is 11.7 Å². The van der Waals surface area contributed by atoms with Crippen molar-refractivity contribution in [1.82, 2.24) is 20.5 Å². The van der Waals surface area contributed by atoms with E-state index in [0.717, 1.165) is 0 Å². The second-order valence-corrected chi connectivity index (χ2v) is 7.79. The Labute approximate surface area is 175 Å². The maximum Gasteiger partial charge on any atom is 0.251 e. The number of hydrogen-bond acceptors (Lipinski definition) is 6. The average Bonchev–Trinajstić information content (AvgIpc) is 2.71. The zero-order chi connectivity index (χ0) is 22.4. The standard InChI is InChI=1S/C20H29N5O5/c1-11(2)16(17(21)27)24-19(29)15-10-14(6-9-25(15)20(30)12(3)26)23-18(28)13-4-7-22-8-5-13/h4-5,7-8,11-12,14-16,26H,6,9-10H2,1-3H3,(H2,21,27)(H,23,28)(H,24,29). The molecule has 30 heavy (non-hydrogen) atoms. The van der Waals surface area contributed by atoms with Gasteiger partial charge in [-0.15, -0.1) is 0 Å². The number of pyridine rings is 1. The molecule has 1 aliphatic heterocycles. The lowest BCUT2D eigenvalue weighted by molar-refractivity contribution is -0.149. The Morgan fingerprint density at radius 3 is 2.37 bits per heavy atom. The Morgan fingerprint density at radius 1 is 1.20 bits per heavy atom. The highest BCUT2D eigenvalue weighted by atomic mass is 16.3. The van der Waals surface area contributed by atoms with E-state index in [0.29, 0.717) is 12.0 Å². The third-order valence-corrected chi connectivity index (χ3v) is 5.09. The van der Waals surface area contributed by atoms with Crippen molar-refractivity contribution in [2.45, 2.75) is 57.8 Å². The fraction of sp³-hybridized carbons (Fsp3) is 0.550. The van der Waals surface area contributed by atoms with Gasteiger partial charge in [-0.3, -0.25) is 24.2 Å². The van der Waals surface area contributed by atoms with Crippen LogP contribution in [0.2, 0.25) is 0 Å². The predicted octanol–water partition coefficient (Wildman–Crippen LogP) is -0.822. The first-order valence-corrected chi connectivity index (χ1v) is 9.91. The van der Waals surface area contributed by atoms with Crippen LogP contribution in [-0.2, 0) is 14.4 Å². The van der Waals surface area contributed by atoms with Crippen molar-refractivity contribution in [3.05, 3.63) is 30.1 Å². The molecule has 4 atom stereocenters. The van der Waals surface area contributed by atoms with Gasteiger partial charge in [-0.2, -0.15) is 0 Å². The highest BCUT2D eigenvalue weighted by Crippen LogP contribution is 2.20. The third kappa shape index (κ3) is 5.76. The van der Waals surface area contributed by atoms with Gasteiger partial charge in [0.25, 0.3) is 11.8 Å². The molecule has 1 aromatic heterocycles. The van der Waals surface area contributed by atoms with E-state index in [1.165, 1.54) is 24.2 Å². The van der Waals surface area contributed by atoms with Crippen LogP contribution in [0.1, 0.15) is 44.0 Å². The van der Waals surface area contributed by atoms with E-state index >= 15 is 0 Å². The summed E-state index contributed by atoms with van der Waals surface area (Å²) < 4.78 is 0. The smallest absolute Gasteiger partial charge is 0.251 e. The first-order chi connectivity index (χ1) is 14.1. The van der Waals surface area contributed by atoms with E-state index in [2.05, 4.69) is 15.6 Å². The molecule has 10 heteroatoms. The molecule has 0 bridgehead atoms. The predicted molar refractivity (Wildman–Crippen MR) is 108 cm³/mol. The zero-order valence-electron chi connectivity index (χ0n) is 17.4. The van der Waals surface area contributed by atoms with Gasteiger partial charge in [0.1, 0.15) is 18.2 Å². The molecular formula is C20H29N5O5. The minimum Gasteiger partial charge on any atom is -0.384 e. The summed E-state index contributed by atoms with van der Waals surface area (Å²) in [5.74, 6) is -2.36. The van der Waals surface area contributed by atoms with Crippen LogP contribution in [-0.4, -0.2) is 69.4 Å². The van der Waals surface area contributed by atoms with Crippen molar-refractivity contribution in [1.29, 1.82) is 0 Å². The molecule has 5 N–H and O–H groups in total. The summed E-state index contributed by atoms with van der Waals surface area (Å²) >= 11 is 0. The van der Waals surface area contributed by atoms with Crippen molar-refractivity contribution in [3.8, 4) is 0 Å². The van der Waals surface area contributed by atoms with Crippen molar-refractivity contribution in [2.75, 3.05) is 6.54 Å². The van der Waals surface area contributed by atoms with E-state index in [1.54, 1.807) is 26.0 Å². The third-order valence-electron chi connectivity index (χ3n) is 5.09. The topological polar surface area (TPSA) is 155 Å². The van der Waals surface area contributed by atoms with Crippen LogP contribution < -0.4 is 16.4 Å². The summed E-state index contributed by atoms with van der Waals surface area (Å²) in [6.07, 6.45) is 2.30. The SMILES string of the molecule is CC(O)C(=O)N1CCC(NC(=O)c2ccncc2)CC1C(=O)NC(C(N)=O)C(C)C. The normalized spacial score (nSPS) is 20.9. The Kier molecular flexibility index (Phi) is 7.87. The number of likely N-dealkylation sites (tertiary alicyclic amines) is 1. The number of rotatable bonds is 7. The molecule has 0 aromatic carbocycles. The minimum absolute atomic E-state index is 0.144. The number of aliphatic hydroxyl groups is 1. The molecule has 1 aliphatic rings. The van der Waals surface area contributed by atoms with Crippen LogP contribution in [0.3, 0.4) is 0 Å². The first kappa shape index (κ1) is 23.3. The lowest BCUT2D eigenvalue weighted by Gasteiger charge is -2.40. The molecule has 1 fully saturated rings. The van der Waals surface area contributed by atoms with Gasteiger partial charge < -0.3 is 26.4 Å². The second-order valence-electron chi connectivity index (χ2n) is 7.79. The molecule has 0 spiro atoms. The molecular weight excluding hydrogens is 390 g/mol. The summed E-state index contributed by atoms with van der Waals surface area (Å²) in [7, 11) is 0. The number of nitrogens with two attached hydrogens (primary N) is 1. The molecule has 1 saturated heterocycles. The molecule has 0 radical (unpaired) electrons. The zero-order valence-corrected chi connectivity index (χ0v) is 17.4. The van der Waals surface area contributed by atoms with Gasteiger partial charge in [0, 0.05) is 30.5 Å². The highest BCUT2D eigenvalue weighted by molar-refractivity contribution is 5.95. The fourth-order valence-corrected chi connectivity index (χ4v) is 3.44. The van der Waals surface area contributed by atoms with Gasteiger partial charge in [0.2, 0.25) is 11.8 Å². The molecule has 164 valence electrons. The summed E-state index contributed by atoms with van der Waals surface area (Å²) in [5, 5.41) is 15.2. The van der Waals surface area contributed by atoms with Crippen LogP contribution in [0.4, 0.5) is 0 Å². The van der Waals surface area contributed by atoms with Crippen molar-refractivity contribution < 1.29 is 24.3 Å². The van der Waals surface area contributed by atoms with Crippen LogP contribution in [0.25, 0.3) is 0 Å². The number of nitrogens with one attached hydrogen (secondary N) is 2. The van der Waals surface area contributed by atoms with Gasteiger partial charge in [0.15, 0.2) is 0 Å². The Morgan fingerprint density at radius 2 is 1.83 bits per heavy atom. The molecule has 4 amide bonds. The maximum absolute atomic E-state index is 12.9. The fourth-order valence-electron chi connectivity index (χ4n) is 3.44. The lowest BCUT2D eigenvalue weighted by atomic mass is 9.94. The summed E-state index contributed by atoms with van der Waals surface area (Å²) in [6.45, 7) is 4.99. The minimum atomic E-state index is -1.28. The Hall–Kier alpha value is -3.01.